The molecule has 4 nitrogen and oxygen atoms in total. The Kier molecular flexibility index (Phi) is 5.37. The fraction of sp³-hybridized carbons (Fsp3) is 0.529. The van der Waals surface area contributed by atoms with Crippen molar-refractivity contribution in [1.29, 1.82) is 0 Å². The summed E-state index contributed by atoms with van der Waals surface area (Å²) in [6.07, 6.45) is 1.71. The predicted octanol–water partition coefficient (Wildman–Crippen LogP) is 3.21. The third-order valence-corrected chi connectivity index (χ3v) is 4.55. The summed E-state index contributed by atoms with van der Waals surface area (Å²) < 4.78 is 44.2. The van der Waals surface area contributed by atoms with Crippen LogP contribution in [0.2, 0.25) is 0 Å². The van der Waals surface area contributed by atoms with E-state index in [-0.39, 0.29) is 5.75 Å². The number of ether oxygens (including phenoxy) is 1. The van der Waals surface area contributed by atoms with Crippen molar-refractivity contribution in [2.24, 2.45) is 0 Å². The Bertz CT molecular complexity index is 631. The molecule has 0 aliphatic carbocycles. The maximum Gasteiger partial charge on any atom is 0.491 e. The first-order chi connectivity index (χ1) is 11.1. The lowest BCUT2D eigenvalue weighted by molar-refractivity contribution is 0.00578. The minimum atomic E-state index is -0.949. The fourth-order valence-corrected chi connectivity index (χ4v) is 2.43. The second-order valence-corrected chi connectivity index (χ2v) is 6.85. The van der Waals surface area contributed by atoms with Gasteiger partial charge in [0.05, 0.1) is 18.3 Å². The van der Waals surface area contributed by atoms with E-state index < -0.39 is 30.0 Å². The molecule has 1 aromatic rings. The number of hydrogen-bond donors (Lipinski definition) is 1. The summed E-state index contributed by atoms with van der Waals surface area (Å²) in [4.78, 5) is 0. The second kappa shape index (κ2) is 6.82. The maximum absolute atomic E-state index is 13.6. The van der Waals surface area contributed by atoms with Gasteiger partial charge < -0.3 is 19.4 Å². The van der Waals surface area contributed by atoms with Crippen molar-refractivity contribution in [3.05, 3.63) is 34.8 Å². The molecule has 0 spiro atoms. The molecular weight excluding hydrogens is 315 g/mol. The van der Waals surface area contributed by atoms with Gasteiger partial charge in [0.2, 0.25) is 0 Å². The summed E-state index contributed by atoms with van der Waals surface area (Å²) >= 11 is 0. The monoisotopic (exact) mass is 339 g/mol. The van der Waals surface area contributed by atoms with Crippen molar-refractivity contribution >= 4 is 13.2 Å². The van der Waals surface area contributed by atoms with E-state index in [4.69, 9.17) is 14.0 Å². The van der Waals surface area contributed by atoms with E-state index in [9.17, 15) is 8.78 Å². The molecule has 0 atom stereocenters. The molecule has 0 radical (unpaired) electrons. The summed E-state index contributed by atoms with van der Waals surface area (Å²) in [5.41, 5.74) is 0.224. The molecule has 24 heavy (non-hydrogen) atoms. The summed E-state index contributed by atoms with van der Waals surface area (Å²) in [6.45, 7) is 8.31. The molecule has 1 N–H and O–H groups in total. The van der Waals surface area contributed by atoms with Gasteiger partial charge in [0, 0.05) is 18.2 Å². The van der Waals surface area contributed by atoms with Crippen LogP contribution in [0.5, 0.6) is 5.75 Å². The Balaban J connectivity index is 2.42. The van der Waals surface area contributed by atoms with E-state index in [1.807, 2.05) is 27.7 Å². The van der Waals surface area contributed by atoms with Crippen LogP contribution in [0.4, 0.5) is 8.78 Å². The molecule has 0 aromatic heterocycles. The number of halogens is 2. The van der Waals surface area contributed by atoms with Gasteiger partial charge >= 0.3 is 7.12 Å². The molecule has 1 aromatic carbocycles. The highest BCUT2D eigenvalue weighted by atomic mass is 19.2. The van der Waals surface area contributed by atoms with Gasteiger partial charge in [-0.1, -0.05) is 6.08 Å². The van der Waals surface area contributed by atoms with Crippen molar-refractivity contribution in [3.8, 4) is 5.75 Å². The Labute approximate surface area is 142 Å². The van der Waals surface area contributed by atoms with Crippen LogP contribution in [0.3, 0.4) is 0 Å². The lowest BCUT2D eigenvalue weighted by Crippen LogP contribution is -2.41. The van der Waals surface area contributed by atoms with Crippen molar-refractivity contribution in [3.63, 3.8) is 0 Å². The molecule has 1 aliphatic heterocycles. The molecule has 0 saturated carbocycles. The Morgan fingerprint density at radius 1 is 1.17 bits per heavy atom. The molecule has 0 amide bonds. The van der Waals surface area contributed by atoms with Gasteiger partial charge in [-0.25, -0.2) is 8.78 Å². The Morgan fingerprint density at radius 3 is 2.21 bits per heavy atom. The maximum atomic E-state index is 13.6. The molecule has 0 bridgehead atoms. The van der Waals surface area contributed by atoms with Gasteiger partial charge in [0.15, 0.2) is 11.6 Å². The number of nitrogens with one attached hydrogen (secondary N) is 1. The van der Waals surface area contributed by atoms with Gasteiger partial charge in [-0.05, 0) is 46.3 Å². The summed E-state index contributed by atoms with van der Waals surface area (Å²) in [6, 6.07) is 2.14. The van der Waals surface area contributed by atoms with Crippen LogP contribution in [-0.4, -0.2) is 39.0 Å². The van der Waals surface area contributed by atoms with Crippen LogP contribution < -0.4 is 10.1 Å². The highest BCUT2D eigenvalue weighted by Crippen LogP contribution is 2.39. The third-order valence-electron chi connectivity index (χ3n) is 4.55. The van der Waals surface area contributed by atoms with Gasteiger partial charge in [-0.15, -0.1) is 0 Å². The van der Waals surface area contributed by atoms with Gasteiger partial charge in [0.1, 0.15) is 5.75 Å². The zero-order valence-corrected chi connectivity index (χ0v) is 15.0. The summed E-state index contributed by atoms with van der Waals surface area (Å²) in [5.74, 6) is -1.63. The van der Waals surface area contributed by atoms with E-state index in [1.165, 1.54) is 7.11 Å². The number of methoxy groups -OCH3 is 1. The molecule has 2 rings (SSSR count). The number of rotatable bonds is 5. The zero-order valence-electron chi connectivity index (χ0n) is 15.0. The fourth-order valence-electron chi connectivity index (χ4n) is 2.43. The van der Waals surface area contributed by atoms with Crippen LogP contribution >= 0.6 is 0 Å². The van der Waals surface area contributed by atoms with Crippen LogP contribution in [0, 0.1) is 11.6 Å². The Morgan fingerprint density at radius 2 is 1.71 bits per heavy atom. The largest absolute Gasteiger partial charge is 0.496 e. The lowest BCUT2D eigenvalue weighted by Gasteiger charge is -2.32. The van der Waals surface area contributed by atoms with Crippen LogP contribution in [0.1, 0.15) is 33.3 Å². The number of likely N-dealkylation sites (N-methyl/N-ethyl adjacent to an activating group) is 1. The third kappa shape index (κ3) is 3.63. The van der Waals surface area contributed by atoms with E-state index >= 15 is 0 Å². The predicted molar refractivity (Wildman–Crippen MR) is 90.9 cm³/mol. The van der Waals surface area contributed by atoms with Crippen molar-refractivity contribution in [2.75, 3.05) is 20.7 Å². The minimum absolute atomic E-state index is 0.249. The van der Waals surface area contributed by atoms with E-state index in [2.05, 4.69) is 5.32 Å². The van der Waals surface area contributed by atoms with Crippen molar-refractivity contribution in [2.45, 2.75) is 38.9 Å². The molecule has 0 unspecified atom stereocenters. The Hall–Kier alpha value is -1.44. The van der Waals surface area contributed by atoms with E-state index in [0.29, 0.717) is 12.1 Å². The van der Waals surface area contributed by atoms with E-state index in [0.717, 1.165) is 17.6 Å². The average molecular weight is 339 g/mol. The first-order valence-electron chi connectivity index (χ1n) is 7.85. The molecule has 1 fully saturated rings. The topological polar surface area (TPSA) is 39.7 Å². The highest BCUT2D eigenvalue weighted by molar-refractivity contribution is 6.56. The summed E-state index contributed by atoms with van der Waals surface area (Å²) in [7, 11) is 2.62. The van der Waals surface area contributed by atoms with Gasteiger partial charge in [0.25, 0.3) is 0 Å². The van der Waals surface area contributed by atoms with E-state index in [1.54, 1.807) is 13.1 Å². The van der Waals surface area contributed by atoms with Crippen molar-refractivity contribution in [1.82, 2.24) is 5.32 Å². The molecule has 1 saturated heterocycles. The quantitative estimate of drug-likeness (QED) is 0.837. The lowest BCUT2D eigenvalue weighted by atomic mass is 9.77. The molecular formula is C17H24BF2NO3. The first-order valence-corrected chi connectivity index (χ1v) is 7.85. The normalized spacial score (nSPS) is 19.7. The smallest absolute Gasteiger partial charge is 0.491 e. The molecule has 1 heterocycles. The molecule has 132 valence electrons. The number of hydrogen-bond acceptors (Lipinski definition) is 4. The van der Waals surface area contributed by atoms with Crippen LogP contribution in [0.25, 0.3) is 6.08 Å². The molecule has 7 heteroatoms. The highest BCUT2D eigenvalue weighted by Gasteiger charge is 2.52. The second-order valence-electron chi connectivity index (χ2n) is 6.85. The minimum Gasteiger partial charge on any atom is -0.496 e. The van der Waals surface area contributed by atoms with Crippen LogP contribution in [0.15, 0.2) is 17.6 Å². The van der Waals surface area contributed by atoms with Crippen LogP contribution in [-0.2, 0) is 9.31 Å². The molecule has 1 aliphatic rings. The SMILES string of the molecule is CNCC(=Cc1cc(F)c(F)cc1OC)B1OC(C)(C)C(C)(C)O1. The van der Waals surface area contributed by atoms with Gasteiger partial charge in [-0.2, -0.15) is 0 Å². The summed E-state index contributed by atoms with van der Waals surface area (Å²) in [5, 5.41) is 3.05. The zero-order chi connectivity index (χ0) is 18.1. The van der Waals surface area contributed by atoms with Gasteiger partial charge in [-0.3, -0.25) is 0 Å². The average Bonchev–Trinajstić information content (AvgIpc) is 2.70. The van der Waals surface area contributed by atoms with Crippen molar-refractivity contribution < 1.29 is 22.8 Å². The first kappa shape index (κ1) is 18.9. The standard InChI is InChI=1S/C17H24BF2NO3/c1-16(2)17(3,4)24-18(23-16)12(10-21-5)7-11-8-13(19)14(20)9-15(11)22-6/h7-9,21H,10H2,1-6H3. The number of benzene rings is 1.